The lowest BCUT2D eigenvalue weighted by atomic mass is 10.2. The Bertz CT molecular complexity index is 468. The first kappa shape index (κ1) is 20.5. The van der Waals surface area contributed by atoms with Gasteiger partial charge in [0.2, 0.25) is 23.6 Å². The van der Waals surface area contributed by atoms with Gasteiger partial charge in [-0.25, -0.2) is 0 Å². The van der Waals surface area contributed by atoms with Gasteiger partial charge in [0, 0.05) is 0 Å². The zero-order valence-corrected chi connectivity index (χ0v) is 13.3. The lowest BCUT2D eigenvalue weighted by Crippen LogP contribution is -2.55. The minimum absolute atomic E-state index is 0.149. The standard InChI is InChI=1S/C13H23N5O5/c1-7(11(21)15-4-5-19)17-13(23)9(3)18-12(22)8(2)16-10(20)6-14/h5,7-9H,4,6,14H2,1-3H3,(H,15,21)(H,16,20)(H,17,23)(H,18,22)/t7-,8-,9-/m0/s1. The van der Waals surface area contributed by atoms with Crippen LogP contribution in [0.5, 0.6) is 0 Å². The van der Waals surface area contributed by atoms with E-state index in [2.05, 4.69) is 21.3 Å². The first-order chi connectivity index (χ1) is 10.7. The Balaban J connectivity index is 4.38. The molecule has 0 aromatic rings. The zero-order valence-electron chi connectivity index (χ0n) is 13.3. The van der Waals surface area contributed by atoms with Crippen molar-refractivity contribution in [2.75, 3.05) is 13.1 Å². The summed E-state index contributed by atoms with van der Waals surface area (Å²) in [6.07, 6.45) is 0.520. The van der Waals surface area contributed by atoms with Crippen LogP contribution in [0.1, 0.15) is 20.8 Å². The van der Waals surface area contributed by atoms with E-state index in [9.17, 15) is 24.0 Å². The Morgan fingerprint density at radius 3 is 1.74 bits per heavy atom. The molecule has 4 amide bonds. The van der Waals surface area contributed by atoms with E-state index in [1.165, 1.54) is 20.8 Å². The quantitative estimate of drug-likeness (QED) is 0.280. The number of carbonyl (C=O) groups excluding carboxylic acids is 5. The number of nitrogens with one attached hydrogen (secondary N) is 4. The molecule has 0 bridgehead atoms. The summed E-state index contributed by atoms with van der Waals surface area (Å²) in [5, 5.41) is 9.44. The molecule has 0 aliphatic carbocycles. The van der Waals surface area contributed by atoms with Crippen LogP contribution in [-0.2, 0) is 24.0 Å². The van der Waals surface area contributed by atoms with Crippen molar-refractivity contribution in [2.24, 2.45) is 5.73 Å². The molecule has 0 saturated heterocycles. The maximum Gasteiger partial charge on any atom is 0.242 e. The van der Waals surface area contributed by atoms with E-state index in [1.807, 2.05) is 0 Å². The van der Waals surface area contributed by atoms with E-state index < -0.39 is 41.8 Å². The summed E-state index contributed by atoms with van der Waals surface area (Å²) < 4.78 is 0. The number of amides is 4. The lowest BCUT2D eigenvalue weighted by Gasteiger charge is -2.20. The molecule has 0 aromatic carbocycles. The number of rotatable bonds is 9. The highest BCUT2D eigenvalue weighted by Gasteiger charge is 2.23. The van der Waals surface area contributed by atoms with Gasteiger partial charge in [0.05, 0.1) is 13.1 Å². The Morgan fingerprint density at radius 1 is 0.870 bits per heavy atom. The molecule has 0 radical (unpaired) electrons. The first-order valence-electron chi connectivity index (χ1n) is 7.04. The van der Waals surface area contributed by atoms with Crippen LogP contribution in [-0.4, -0.2) is 61.1 Å². The van der Waals surface area contributed by atoms with Gasteiger partial charge >= 0.3 is 0 Å². The van der Waals surface area contributed by atoms with Crippen molar-refractivity contribution >= 4 is 29.9 Å². The number of hydrogen-bond acceptors (Lipinski definition) is 6. The van der Waals surface area contributed by atoms with Gasteiger partial charge in [-0.05, 0) is 20.8 Å². The monoisotopic (exact) mass is 329 g/mol. The number of hydrogen-bond donors (Lipinski definition) is 5. The molecule has 3 atom stereocenters. The normalized spacial score (nSPS) is 13.9. The van der Waals surface area contributed by atoms with Gasteiger partial charge in [-0.2, -0.15) is 0 Å². The third kappa shape index (κ3) is 7.90. The molecule has 0 unspecified atom stereocenters. The predicted octanol–water partition coefficient (Wildman–Crippen LogP) is -3.23. The van der Waals surface area contributed by atoms with E-state index in [4.69, 9.17) is 5.73 Å². The van der Waals surface area contributed by atoms with Gasteiger partial charge < -0.3 is 31.8 Å². The molecule has 130 valence electrons. The summed E-state index contributed by atoms with van der Waals surface area (Å²) in [5.41, 5.74) is 5.12. The fourth-order valence-corrected chi connectivity index (χ4v) is 1.47. The molecule has 0 aliphatic rings. The summed E-state index contributed by atoms with van der Waals surface area (Å²) in [6.45, 7) is 3.92. The number of aldehydes is 1. The minimum Gasteiger partial charge on any atom is -0.348 e. The highest BCUT2D eigenvalue weighted by Crippen LogP contribution is 1.90. The molecule has 0 heterocycles. The zero-order chi connectivity index (χ0) is 18.0. The van der Waals surface area contributed by atoms with Gasteiger partial charge in [0.15, 0.2) is 0 Å². The Hall–Kier alpha value is -2.49. The van der Waals surface area contributed by atoms with E-state index in [-0.39, 0.29) is 13.1 Å². The predicted molar refractivity (Wildman–Crippen MR) is 80.9 cm³/mol. The van der Waals surface area contributed by atoms with Crippen molar-refractivity contribution in [2.45, 2.75) is 38.9 Å². The second kappa shape index (κ2) is 10.3. The molecular formula is C13H23N5O5. The average Bonchev–Trinajstić information content (AvgIpc) is 2.51. The summed E-state index contributed by atoms with van der Waals surface area (Å²) in [4.78, 5) is 56.5. The summed E-state index contributed by atoms with van der Waals surface area (Å²) in [6, 6.07) is -2.63. The molecule has 0 saturated carbocycles. The summed E-state index contributed by atoms with van der Waals surface area (Å²) in [7, 11) is 0. The third-order valence-electron chi connectivity index (χ3n) is 2.82. The van der Waals surface area contributed by atoms with Crippen molar-refractivity contribution in [3.63, 3.8) is 0 Å². The highest BCUT2D eigenvalue weighted by atomic mass is 16.2. The minimum atomic E-state index is -0.916. The van der Waals surface area contributed by atoms with Gasteiger partial charge in [-0.1, -0.05) is 0 Å². The number of carbonyl (C=O) groups is 5. The second-order valence-corrected chi connectivity index (χ2v) is 4.87. The van der Waals surface area contributed by atoms with E-state index in [0.717, 1.165) is 0 Å². The van der Waals surface area contributed by atoms with Crippen molar-refractivity contribution in [3.8, 4) is 0 Å². The topological polar surface area (TPSA) is 159 Å². The van der Waals surface area contributed by atoms with Gasteiger partial charge in [-0.3, -0.25) is 19.2 Å². The van der Waals surface area contributed by atoms with Crippen LogP contribution >= 0.6 is 0 Å². The maximum atomic E-state index is 11.9. The van der Waals surface area contributed by atoms with Gasteiger partial charge in [0.1, 0.15) is 24.4 Å². The van der Waals surface area contributed by atoms with E-state index in [0.29, 0.717) is 6.29 Å². The maximum absolute atomic E-state index is 11.9. The van der Waals surface area contributed by atoms with Crippen molar-refractivity contribution < 1.29 is 24.0 Å². The number of nitrogens with two attached hydrogens (primary N) is 1. The van der Waals surface area contributed by atoms with Gasteiger partial charge in [-0.15, -0.1) is 0 Å². The Kier molecular flexibility index (Phi) is 9.16. The highest BCUT2D eigenvalue weighted by molar-refractivity contribution is 5.94. The fourth-order valence-electron chi connectivity index (χ4n) is 1.47. The van der Waals surface area contributed by atoms with Crippen LogP contribution in [0.2, 0.25) is 0 Å². The van der Waals surface area contributed by atoms with Crippen LogP contribution in [0.4, 0.5) is 0 Å². The van der Waals surface area contributed by atoms with E-state index in [1.54, 1.807) is 0 Å². The van der Waals surface area contributed by atoms with Crippen molar-refractivity contribution in [1.82, 2.24) is 21.3 Å². The van der Waals surface area contributed by atoms with Crippen LogP contribution in [0, 0.1) is 0 Å². The molecule has 0 aliphatic heterocycles. The molecule has 0 rings (SSSR count). The molecule has 0 aromatic heterocycles. The van der Waals surface area contributed by atoms with E-state index >= 15 is 0 Å². The van der Waals surface area contributed by atoms with Crippen LogP contribution in [0.15, 0.2) is 0 Å². The van der Waals surface area contributed by atoms with Crippen LogP contribution in [0.3, 0.4) is 0 Å². The summed E-state index contributed by atoms with van der Waals surface area (Å²) >= 11 is 0. The van der Waals surface area contributed by atoms with Gasteiger partial charge in [0.25, 0.3) is 0 Å². The largest absolute Gasteiger partial charge is 0.348 e. The van der Waals surface area contributed by atoms with Crippen molar-refractivity contribution in [3.05, 3.63) is 0 Å². The molecule has 23 heavy (non-hydrogen) atoms. The van der Waals surface area contributed by atoms with Crippen molar-refractivity contribution in [1.29, 1.82) is 0 Å². The average molecular weight is 329 g/mol. The lowest BCUT2D eigenvalue weighted by molar-refractivity contribution is -0.132. The third-order valence-corrected chi connectivity index (χ3v) is 2.82. The van der Waals surface area contributed by atoms with Crippen LogP contribution < -0.4 is 27.0 Å². The van der Waals surface area contributed by atoms with Crippen LogP contribution in [0.25, 0.3) is 0 Å². The smallest absolute Gasteiger partial charge is 0.242 e. The molecule has 10 nitrogen and oxygen atoms in total. The molecule has 0 spiro atoms. The Labute approximate surface area is 133 Å². The summed E-state index contributed by atoms with van der Waals surface area (Å²) in [5.74, 6) is -2.16. The molecule has 6 N–H and O–H groups in total. The Morgan fingerprint density at radius 2 is 1.30 bits per heavy atom. The molecular weight excluding hydrogens is 306 g/mol. The molecule has 10 heteroatoms. The fraction of sp³-hybridized carbons (Fsp3) is 0.615. The first-order valence-corrected chi connectivity index (χ1v) is 7.04. The second-order valence-electron chi connectivity index (χ2n) is 4.87. The SMILES string of the molecule is C[C@H](NC(=O)CN)C(=O)N[C@@H](C)C(=O)N[C@@H](C)C(=O)NCC=O. The molecule has 0 fully saturated rings.